The minimum absolute atomic E-state index is 0.106. The van der Waals surface area contributed by atoms with Crippen LogP contribution in [0.15, 0.2) is 57.5 Å². The maximum absolute atomic E-state index is 13.5. The number of carbonyl (C=O) groups excluding carboxylic acids is 1. The van der Waals surface area contributed by atoms with Gasteiger partial charge in [-0.15, -0.1) is 11.3 Å². The maximum atomic E-state index is 13.5. The van der Waals surface area contributed by atoms with Crippen molar-refractivity contribution in [2.75, 3.05) is 4.90 Å². The molecule has 2 N–H and O–H groups in total. The molecule has 0 fully saturated rings. The number of aryl methyl sites for hydroxylation is 2. The number of allylic oxidation sites excluding steroid dienone is 3. The predicted molar refractivity (Wildman–Crippen MR) is 125 cm³/mol. The van der Waals surface area contributed by atoms with Gasteiger partial charge in [0.05, 0.1) is 17.6 Å². The van der Waals surface area contributed by atoms with E-state index < -0.39 is 5.92 Å². The van der Waals surface area contributed by atoms with Crippen molar-refractivity contribution in [2.45, 2.75) is 46.5 Å². The second-order valence-electron chi connectivity index (χ2n) is 8.83. The Balaban J connectivity index is 2.03. The molecule has 4 rings (SSSR count). The van der Waals surface area contributed by atoms with Crippen molar-refractivity contribution in [1.82, 2.24) is 0 Å². The summed E-state index contributed by atoms with van der Waals surface area (Å²) in [7, 11) is 0. The summed E-state index contributed by atoms with van der Waals surface area (Å²) in [5, 5.41) is 10.1. The minimum Gasteiger partial charge on any atom is -0.384 e. The van der Waals surface area contributed by atoms with E-state index in [1.54, 1.807) is 11.3 Å². The van der Waals surface area contributed by atoms with E-state index in [1.807, 2.05) is 29.2 Å². The van der Waals surface area contributed by atoms with Crippen molar-refractivity contribution < 1.29 is 4.79 Å². The average Bonchev–Trinajstić information content (AvgIpc) is 2.97. The monoisotopic (exact) mass is 481 g/mol. The van der Waals surface area contributed by atoms with E-state index in [0.717, 1.165) is 38.3 Å². The number of halogens is 1. The van der Waals surface area contributed by atoms with E-state index in [1.165, 1.54) is 4.88 Å². The molecule has 1 aromatic heterocycles. The van der Waals surface area contributed by atoms with Crippen LogP contribution in [0.5, 0.6) is 0 Å². The van der Waals surface area contributed by atoms with E-state index in [4.69, 9.17) is 5.73 Å². The van der Waals surface area contributed by atoms with E-state index >= 15 is 0 Å². The highest BCUT2D eigenvalue weighted by Gasteiger charge is 2.45. The van der Waals surface area contributed by atoms with Crippen molar-refractivity contribution in [3.8, 4) is 6.07 Å². The van der Waals surface area contributed by atoms with Crippen molar-refractivity contribution in [2.24, 2.45) is 11.1 Å². The number of hydrogen-bond acceptors (Lipinski definition) is 5. The summed E-state index contributed by atoms with van der Waals surface area (Å²) in [6.45, 7) is 8.33. The summed E-state index contributed by atoms with van der Waals surface area (Å²) in [4.78, 5) is 17.7. The Morgan fingerprint density at radius 3 is 2.60 bits per heavy atom. The molecule has 6 heteroatoms. The summed E-state index contributed by atoms with van der Waals surface area (Å²) in [6, 6.07) is 12.3. The molecule has 4 nitrogen and oxygen atoms in total. The average molecular weight is 482 g/mol. The standard InChI is InChI=1S/C24H24BrN3OS/c1-13-8-17(14(2)30-13)21-18(12-26)23(27)28(16-7-5-6-15(25)9-16)19-10-24(3,4)11-20(29)22(19)21/h5-9,21H,10-11,27H2,1-4H3/t21-/m0/s1. The highest BCUT2D eigenvalue weighted by Crippen LogP contribution is 2.51. The Labute approximate surface area is 189 Å². The van der Waals surface area contributed by atoms with E-state index in [2.05, 4.69) is 55.8 Å². The zero-order valence-electron chi connectivity index (χ0n) is 17.5. The number of ketones is 1. The van der Waals surface area contributed by atoms with Gasteiger partial charge in [0.2, 0.25) is 0 Å². The van der Waals surface area contributed by atoms with Crippen LogP contribution in [0.25, 0.3) is 0 Å². The number of rotatable bonds is 2. The van der Waals surface area contributed by atoms with Gasteiger partial charge < -0.3 is 5.73 Å². The fourth-order valence-corrected chi connectivity index (χ4v) is 6.02. The first-order valence-corrected chi connectivity index (χ1v) is 11.5. The van der Waals surface area contributed by atoms with E-state index in [-0.39, 0.29) is 11.2 Å². The molecule has 1 aliphatic carbocycles. The van der Waals surface area contributed by atoms with Gasteiger partial charge in [0.1, 0.15) is 5.82 Å². The van der Waals surface area contributed by atoms with Crippen molar-refractivity contribution in [3.05, 3.63) is 72.8 Å². The number of thiophene rings is 1. The second kappa shape index (κ2) is 7.40. The number of benzene rings is 1. The Morgan fingerprint density at radius 2 is 2.00 bits per heavy atom. The van der Waals surface area contributed by atoms with Crippen molar-refractivity contribution in [3.63, 3.8) is 0 Å². The Bertz CT molecular complexity index is 1170. The zero-order valence-corrected chi connectivity index (χ0v) is 19.9. The lowest BCUT2D eigenvalue weighted by Crippen LogP contribution is -2.42. The smallest absolute Gasteiger partial charge is 0.162 e. The first kappa shape index (κ1) is 20.9. The Kier molecular flexibility index (Phi) is 5.16. The molecule has 0 spiro atoms. The minimum atomic E-state index is -0.401. The van der Waals surface area contributed by atoms with Gasteiger partial charge in [0.15, 0.2) is 5.78 Å². The lowest BCUT2D eigenvalue weighted by Gasteiger charge is -2.43. The summed E-state index contributed by atoms with van der Waals surface area (Å²) >= 11 is 5.22. The first-order valence-electron chi connectivity index (χ1n) is 9.91. The number of nitrogens with two attached hydrogens (primary N) is 1. The largest absolute Gasteiger partial charge is 0.384 e. The number of Topliss-reactive ketones (excluding diaryl/α,β-unsaturated/α-hetero) is 1. The van der Waals surface area contributed by atoms with E-state index in [9.17, 15) is 10.1 Å². The van der Waals surface area contributed by atoms with Crippen LogP contribution < -0.4 is 10.6 Å². The highest BCUT2D eigenvalue weighted by atomic mass is 79.9. The molecule has 154 valence electrons. The Morgan fingerprint density at radius 1 is 1.27 bits per heavy atom. The number of hydrogen-bond donors (Lipinski definition) is 1. The molecule has 2 aromatic rings. The van der Waals surface area contributed by atoms with Gasteiger partial charge in [-0.3, -0.25) is 9.69 Å². The van der Waals surface area contributed by atoms with Crippen LogP contribution >= 0.6 is 27.3 Å². The molecule has 2 aliphatic rings. The van der Waals surface area contributed by atoms with Crippen LogP contribution in [0.3, 0.4) is 0 Å². The van der Waals surface area contributed by atoms with Gasteiger partial charge in [-0.05, 0) is 55.5 Å². The third-order valence-corrected chi connectivity index (χ3v) is 7.31. The third-order valence-electron chi connectivity index (χ3n) is 5.84. The molecular weight excluding hydrogens is 458 g/mol. The SMILES string of the molecule is Cc1cc([C@H]2C(C#N)=C(N)N(c3cccc(Br)c3)C3=C2C(=O)CC(C)(C)C3)c(C)s1. The quantitative estimate of drug-likeness (QED) is 0.564. The predicted octanol–water partition coefficient (Wildman–Crippen LogP) is 6.07. The van der Waals surface area contributed by atoms with Gasteiger partial charge >= 0.3 is 0 Å². The maximum Gasteiger partial charge on any atom is 0.162 e. The van der Waals surface area contributed by atoms with Gasteiger partial charge in [-0.1, -0.05) is 35.8 Å². The molecule has 2 heterocycles. The number of nitrogens with zero attached hydrogens (tertiary/aromatic N) is 2. The van der Waals surface area contributed by atoms with Crippen molar-refractivity contribution >= 4 is 38.7 Å². The molecule has 0 unspecified atom stereocenters. The topological polar surface area (TPSA) is 70.1 Å². The van der Waals surface area contributed by atoms with Crippen LogP contribution in [0.4, 0.5) is 5.69 Å². The fraction of sp³-hybridized carbons (Fsp3) is 0.333. The lowest BCUT2D eigenvalue weighted by molar-refractivity contribution is -0.118. The van der Waals surface area contributed by atoms with Crippen molar-refractivity contribution in [1.29, 1.82) is 5.26 Å². The van der Waals surface area contributed by atoms with Gasteiger partial charge in [0.25, 0.3) is 0 Å². The molecule has 0 saturated heterocycles. The van der Waals surface area contributed by atoms with Crippen LogP contribution in [-0.4, -0.2) is 5.78 Å². The number of nitriles is 1. The third kappa shape index (κ3) is 3.40. The Hall–Kier alpha value is -2.36. The lowest BCUT2D eigenvalue weighted by atomic mass is 9.68. The van der Waals surface area contributed by atoms with Crippen LogP contribution in [-0.2, 0) is 4.79 Å². The van der Waals surface area contributed by atoms with Gasteiger partial charge in [-0.25, -0.2) is 0 Å². The summed E-state index contributed by atoms with van der Waals surface area (Å²) < 4.78 is 0.918. The summed E-state index contributed by atoms with van der Waals surface area (Å²) in [6.07, 6.45) is 1.19. The van der Waals surface area contributed by atoms with Crippen LogP contribution in [0.1, 0.15) is 47.9 Å². The fourth-order valence-electron chi connectivity index (χ4n) is 4.67. The molecular formula is C24H24BrN3OS. The molecule has 0 amide bonds. The summed E-state index contributed by atoms with van der Waals surface area (Å²) in [5.74, 6) is 0.116. The zero-order chi connectivity index (χ0) is 21.8. The molecule has 1 aliphatic heterocycles. The summed E-state index contributed by atoms with van der Waals surface area (Å²) in [5.41, 5.74) is 10.5. The number of anilines is 1. The molecule has 1 atom stereocenters. The molecule has 0 radical (unpaired) electrons. The van der Waals surface area contributed by atoms with Gasteiger partial charge in [-0.2, -0.15) is 5.26 Å². The first-order chi connectivity index (χ1) is 14.1. The normalized spacial score (nSPS) is 21.0. The molecule has 30 heavy (non-hydrogen) atoms. The van der Waals surface area contributed by atoms with Gasteiger partial charge in [0, 0.05) is 37.6 Å². The van der Waals surface area contributed by atoms with Crippen LogP contribution in [0, 0.1) is 30.6 Å². The molecule has 0 saturated carbocycles. The number of carbonyl (C=O) groups is 1. The second-order valence-corrected chi connectivity index (χ2v) is 11.2. The van der Waals surface area contributed by atoms with Crippen LogP contribution in [0.2, 0.25) is 0 Å². The van der Waals surface area contributed by atoms with E-state index in [0.29, 0.717) is 17.8 Å². The molecule has 0 bridgehead atoms. The molecule has 1 aromatic carbocycles. The highest BCUT2D eigenvalue weighted by molar-refractivity contribution is 9.10.